The van der Waals surface area contributed by atoms with Crippen LogP contribution in [-0.2, 0) is 10.0 Å². The van der Waals surface area contributed by atoms with Gasteiger partial charge < -0.3 is 4.98 Å². The smallest absolute Gasteiger partial charge is 0.279 e. The van der Waals surface area contributed by atoms with Crippen LogP contribution >= 0.6 is 0 Å². The molecule has 29 heavy (non-hydrogen) atoms. The van der Waals surface area contributed by atoms with Gasteiger partial charge in [-0.3, -0.25) is 4.40 Å². The number of hydrogen-bond acceptors (Lipinski definition) is 4. The minimum atomic E-state index is -3.98. The van der Waals surface area contributed by atoms with Crippen LogP contribution in [0.4, 0.5) is 4.39 Å². The van der Waals surface area contributed by atoms with Gasteiger partial charge in [0.15, 0.2) is 0 Å². The first kappa shape index (κ1) is 18.9. The van der Waals surface area contributed by atoms with Crippen LogP contribution in [0.1, 0.15) is 11.3 Å². The molecule has 0 saturated carbocycles. The monoisotopic (exact) mass is 411 g/mol. The van der Waals surface area contributed by atoms with Gasteiger partial charge in [0.25, 0.3) is 10.0 Å². The van der Waals surface area contributed by atoms with Crippen LogP contribution in [0.3, 0.4) is 0 Å². The topological polar surface area (TPSA) is 82.8 Å². The molecule has 3 heterocycles. The van der Waals surface area contributed by atoms with Crippen molar-refractivity contribution < 1.29 is 12.8 Å². The molecule has 0 aliphatic rings. The molecule has 0 fully saturated rings. The molecule has 0 aliphatic carbocycles. The van der Waals surface area contributed by atoms with Gasteiger partial charge in [0.2, 0.25) is 0 Å². The number of H-pyrrole nitrogens is 1. The standard InChI is InChI=1S/C20H18FN5O2S/c1-14-5-7-16(21)10-19(14)29(27,28)25(2)24-12-17-11-23-20-8-6-15(13-26(17)20)18-4-3-9-22-18/h3-13,22H,1-2H3. The number of pyridine rings is 1. The molecule has 0 unspecified atom stereocenters. The van der Waals surface area contributed by atoms with Crippen molar-refractivity contribution in [1.82, 2.24) is 18.8 Å². The molecule has 0 amide bonds. The maximum Gasteiger partial charge on any atom is 0.279 e. The Morgan fingerprint density at radius 2 is 2.07 bits per heavy atom. The predicted octanol–water partition coefficient (Wildman–Crippen LogP) is 3.43. The molecule has 3 aromatic heterocycles. The van der Waals surface area contributed by atoms with Gasteiger partial charge in [-0.05, 0) is 48.9 Å². The molecular weight excluding hydrogens is 393 g/mol. The van der Waals surface area contributed by atoms with Gasteiger partial charge in [0.05, 0.1) is 23.0 Å². The molecule has 4 aromatic rings. The van der Waals surface area contributed by atoms with Gasteiger partial charge in [-0.25, -0.2) is 9.37 Å². The number of imidazole rings is 1. The zero-order valence-corrected chi connectivity index (χ0v) is 16.6. The van der Waals surface area contributed by atoms with E-state index in [4.69, 9.17) is 0 Å². The van der Waals surface area contributed by atoms with Gasteiger partial charge in [-0.15, -0.1) is 0 Å². The lowest BCUT2D eigenvalue weighted by molar-refractivity contribution is 0.489. The third kappa shape index (κ3) is 3.52. The summed E-state index contributed by atoms with van der Waals surface area (Å²) >= 11 is 0. The summed E-state index contributed by atoms with van der Waals surface area (Å²) in [6, 6.07) is 11.3. The Labute approximate surface area is 167 Å². The van der Waals surface area contributed by atoms with Gasteiger partial charge in [-0.2, -0.15) is 17.9 Å². The average Bonchev–Trinajstić information content (AvgIpc) is 3.37. The Balaban J connectivity index is 1.67. The van der Waals surface area contributed by atoms with E-state index < -0.39 is 15.8 Å². The molecule has 7 nitrogen and oxygen atoms in total. The second kappa shape index (κ2) is 7.17. The lowest BCUT2D eigenvalue weighted by Crippen LogP contribution is -2.23. The summed E-state index contributed by atoms with van der Waals surface area (Å²) in [7, 11) is -2.67. The number of aromatic amines is 1. The van der Waals surface area contributed by atoms with E-state index in [1.54, 1.807) is 13.1 Å². The number of hydrazone groups is 1. The van der Waals surface area contributed by atoms with Crippen LogP contribution in [0.2, 0.25) is 0 Å². The minimum absolute atomic E-state index is 0.121. The third-order valence-electron chi connectivity index (χ3n) is 4.57. The lowest BCUT2D eigenvalue weighted by atomic mass is 10.2. The molecule has 148 valence electrons. The maximum atomic E-state index is 13.5. The number of nitrogens with zero attached hydrogens (tertiary/aromatic N) is 4. The second-order valence-corrected chi connectivity index (χ2v) is 8.42. The summed E-state index contributed by atoms with van der Waals surface area (Å²) in [5.41, 5.74) is 3.65. The van der Waals surface area contributed by atoms with Crippen LogP contribution < -0.4 is 0 Å². The number of sulfonamides is 1. The summed E-state index contributed by atoms with van der Waals surface area (Å²) in [6.45, 7) is 1.61. The highest BCUT2D eigenvalue weighted by Crippen LogP contribution is 2.21. The molecule has 1 aromatic carbocycles. The van der Waals surface area contributed by atoms with Crippen LogP contribution in [0.25, 0.3) is 16.9 Å². The quantitative estimate of drug-likeness (QED) is 0.403. The van der Waals surface area contributed by atoms with Crippen LogP contribution in [0.5, 0.6) is 0 Å². The van der Waals surface area contributed by atoms with Crippen molar-refractivity contribution in [2.24, 2.45) is 5.10 Å². The van der Waals surface area contributed by atoms with Crippen molar-refractivity contribution in [3.05, 3.63) is 78.1 Å². The molecule has 0 saturated heterocycles. The zero-order valence-electron chi connectivity index (χ0n) is 15.7. The maximum absolute atomic E-state index is 13.5. The summed E-state index contributed by atoms with van der Waals surface area (Å²) in [6.07, 6.45) is 6.74. The van der Waals surface area contributed by atoms with Crippen molar-refractivity contribution in [2.45, 2.75) is 11.8 Å². The molecule has 1 N–H and O–H groups in total. The van der Waals surface area contributed by atoms with Crippen molar-refractivity contribution >= 4 is 21.9 Å². The van der Waals surface area contributed by atoms with Gasteiger partial charge in [-0.1, -0.05) is 6.07 Å². The number of aromatic nitrogens is 3. The summed E-state index contributed by atoms with van der Waals surface area (Å²) in [5.74, 6) is -0.620. The number of benzene rings is 1. The highest BCUT2D eigenvalue weighted by molar-refractivity contribution is 7.89. The first-order valence-corrected chi connectivity index (χ1v) is 10.2. The van der Waals surface area contributed by atoms with Crippen LogP contribution in [0, 0.1) is 12.7 Å². The van der Waals surface area contributed by atoms with Crippen molar-refractivity contribution in [2.75, 3.05) is 7.05 Å². The first-order chi connectivity index (χ1) is 13.9. The van der Waals surface area contributed by atoms with E-state index in [-0.39, 0.29) is 4.90 Å². The normalized spacial score (nSPS) is 12.1. The first-order valence-electron chi connectivity index (χ1n) is 8.76. The number of fused-ring (bicyclic) bond motifs is 1. The number of rotatable bonds is 5. The number of aryl methyl sites for hydroxylation is 1. The molecule has 0 spiro atoms. The van der Waals surface area contributed by atoms with Gasteiger partial charge >= 0.3 is 0 Å². The van der Waals surface area contributed by atoms with E-state index in [1.165, 1.54) is 25.4 Å². The highest BCUT2D eigenvalue weighted by atomic mass is 32.2. The SMILES string of the molecule is Cc1ccc(F)cc1S(=O)(=O)N(C)N=Cc1cnc2ccc(-c3ccc[nH]3)cn12. The third-order valence-corrected chi connectivity index (χ3v) is 6.36. The number of nitrogens with one attached hydrogen (secondary N) is 1. The highest BCUT2D eigenvalue weighted by Gasteiger charge is 2.22. The Hall–Kier alpha value is -3.46. The average molecular weight is 411 g/mol. The fourth-order valence-corrected chi connectivity index (χ4v) is 4.15. The summed E-state index contributed by atoms with van der Waals surface area (Å²) < 4.78 is 41.7. The van der Waals surface area contributed by atoms with Crippen molar-refractivity contribution in [3.8, 4) is 11.3 Å². The molecule has 0 aliphatic heterocycles. The summed E-state index contributed by atoms with van der Waals surface area (Å²) in [5, 5.41) is 4.06. The van der Waals surface area contributed by atoms with Crippen LogP contribution in [-0.4, -0.2) is 40.5 Å². The molecule has 0 bridgehead atoms. The van der Waals surface area contributed by atoms with Crippen molar-refractivity contribution in [1.29, 1.82) is 0 Å². The van der Waals surface area contributed by atoms with Gasteiger partial charge in [0, 0.05) is 30.7 Å². The molecule has 4 rings (SSSR count). The van der Waals surface area contributed by atoms with Gasteiger partial charge in [0.1, 0.15) is 11.5 Å². The van der Waals surface area contributed by atoms with Crippen molar-refractivity contribution in [3.63, 3.8) is 0 Å². The minimum Gasteiger partial charge on any atom is -0.361 e. The summed E-state index contributed by atoms with van der Waals surface area (Å²) in [4.78, 5) is 7.33. The number of hydrogen-bond donors (Lipinski definition) is 1. The zero-order chi connectivity index (χ0) is 20.6. The lowest BCUT2D eigenvalue weighted by Gasteiger charge is -2.15. The molecule has 0 radical (unpaired) electrons. The molecular formula is C20H18FN5O2S. The Morgan fingerprint density at radius 1 is 1.24 bits per heavy atom. The molecule has 9 heteroatoms. The van der Waals surface area contributed by atoms with E-state index >= 15 is 0 Å². The Morgan fingerprint density at radius 3 is 2.83 bits per heavy atom. The fraction of sp³-hybridized carbons (Fsp3) is 0.100. The Bertz CT molecular complexity index is 1310. The van der Waals surface area contributed by atoms with Crippen LogP contribution in [0.15, 0.2) is 71.1 Å². The molecule has 0 atom stereocenters. The van der Waals surface area contributed by atoms with E-state index in [1.807, 2.05) is 41.1 Å². The largest absolute Gasteiger partial charge is 0.361 e. The predicted molar refractivity (Wildman–Crippen MR) is 109 cm³/mol. The van der Waals surface area contributed by atoms with E-state index in [2.05, 4.69) is 15.1 Å². The fourth-order valence-electron chi connectivity index (χ4n) is 2.96. The van der Waals surface area contributed by atoms with E-state index in [0.29, 0.717) is 16.9 Å². The Kier molecular flexibility index (Phi) is 4.67. The van der Waals surface area contributed by atoms with E-state index in [0.717, 1.165) is 21.7 Å². The number of halogens is 1. The second-order valence-electron chi connectivity index (χ2n) is 6.51. The van der Waals surface area contributed by atoms with E-state index in [9.17, 15) is 12.8 Å².